The van der Waals surface area contributed by atoms with E-state index in [1.165, 1.54) is 6.42 Å². The van der Waals surface area contributed by atoms with Crippen molar-refractivity contribution in [2.45, 2.75) is 64.0 Å². The summed E-state index contributed by atoms with van der Waals surface area (Å²) < 4.78 is 0. The fourth-order valence-corrected chi connectivity index (χ4v) is 5.11. The fourth-order valence-electron chi connectivity index (χ4n) is 5.11. The van der Waals surface area contributed by atoms with Crippen molar-refractivity contribution in [2.75, 3.05) is 0 Å². The number of benzene rings is 1. The van der Waals surface area contributed by atoms with Crippen molar-refractivity contribution in [1.82, 2.24) is 10.6 Å². The molecule has 0 bridgehead atoms. The third-order valence-corrected chi connectivity index (χ3v) is 6.14. The quantitative estimate of drug-likeness (QED) is 0.769. The predicted octanol–water partition coefficient (Wildman–Crippen LogP) is 4.08. The van der Waals surface area contributed by atoms with Crippen LogP contribution in [0.4, 0.5) is 0 Å². The molecule has 2 saturated carbocycles. The molecule has 2 N–H and O–H groups in total. The van der Waals surface area contributed by atoms with Gasteiger partial charge in [0, 0.05) is 11.1 Å². The summed E-state index contributed by atoms with van der Waals surface area (Å²) in [6, 6.07) is 9.17. The third-order valence-electron chi connectivity index (χ3n) is 6.14. The van der Waals surface area contributed by atoms with E-state index in [9.17, 15) is 9.59 Å². The van der Waals surface area contributed by atoms with Gasteiger partial charge in [-0.2, -0.15) is 0 Å². The van der Waals surface area contributed by atoms with Crippen molar-refractivity contribution in [3.8, 4) is 0 Å². The van der Waals surface area contributed by atoms with E-state index < -0.39 is 5.54 Å². The normalized spacial score (nSPS) is 29.8. The summed E-state index contributed by atoms with van der Waals surface area (Å²) in [5.41, 5.74) is -0.628. The number of allylic oxidation sites excluding steroid dienone is 1. The van der Waals surface area contributed by atoms with Crippen molar-refractivity contribution in [3.05, 3.63) is 48.6 Å². The molecule has 0 spiro atoms. The van der Waals surface area contributed by atoms with E-state index in [1.807, 2.05) is 45.0 Å². The second-order valence-electron chi connectivity index (χ2n) is 9.19. The molecule has 4 unspecified atom stereocenters. The predicted molar refractivity (Wildman–Crippen MR) is 108 cm³/mol. The van der Waals surface area contributed by atoms with Crippen LogP contribution in [0.25, 0.3) is 0 Å². The zero-order valence-corrected chi connectivity index (χ0v) is 16.8. The number of carbonyl (C=O) groups excluding carboxylic acids is 2. The topological polar surface area (TPSA) is 58.2 Å². The highest BCUT2D eigenvalue weighted by molar-refractivity contribution is 5.99. The number of fused-ring (bicyclic) bond motifs is 1. The van der Waals surface area contributed by atoms with Gasteiger partial charge in [0.05, 0.1) is 0 Å². The molecule has 4 atom stereocenters. The minimum absolute atomic E-state index is 0.0551. The Morgan fingerprint density at radius 1 is 1.22 bits per heavy atom. The molecule has 4 nitrogen and oxygen atoms in total. The summed E-state index contributed by atoms with van der Waals surface area (Å²) in [6.07, 6.45) is 6.86. The highest BCUT2D eigenvalue weighted by Crippen LogP contribution is 2.54. The summed E-state index contributed by atoms with van der Waals surface area (Å²) in [4.78, 5) is 26.5. The zero-order chi connectivity index (χ0) is 19.7. The smallest absolute Gasteiger partial charge is 0.252 e. The summed E-state index contributed by atoms with van der Waals surface area (Å²) >= 11 is 0. The molecule has 2 aliphatic carbocycles. The number of amides is 2. The van der Waals surface area contributed by atoms with Gasteiger partial charge in [0.2, 0.25) is 5.91 Å². The molecule has 146 valence electrons. The van der Waals surface area contributed by atoms with Crippen LogP contribution in [0.1, 0.15) is 63.2 Å². The van der Waals surface area contributed by atoms with E-state index in [0.29, 0.717) is 17.4 Å². The second-order valence-corrected chi connectivity index (χ2v) is 9.19. The molecule has 0 aromatic heterocycles. The number of nitrogens with one attached hydrogen (secondary N) is 2. The average Bonchev–Trinajstić information content (AvgIpc) is 3.16. The maximum atomic E-state index is 13.5. The second kappa shape index (κ2) is 7.49. The van der Waals surface area contributed by atoms with Gasteiger partial charge in [0.1, 0.15) is 5.54 Å². The van der Waals surface area contributed by atoms with Gasteiger partial charge in [0.25, 0.3) is 5.91 Å². The van der Waals surface area contributed by atoms with Crippen LogP contribution in [0.3, 0.4) is 0 Å². The van der Waals surface area contributed by atoms with Gasteiger partial charge in [-0.15, -0.1) is 6.58 Å². The van der Waals surface area contributed by atoms with Gasteiger partial charge >= 0.3 is 0 Å². The van der Waals surface area contributed by atoms with E-state index in [2.05, 4.69) is 17.2 Å². The lowest BCUT2D eigenvalue weighted by Gasteiger charge is -2.39. The number of carbonyl (C=O) groups is 2. The number of hydrogen-bond acceptors (Lipinski definition) is 2. The highest BCUT2D eigenvalue weighted by Gasteiger charge is 2.59. The Balaban J connectivity index is 1.97. The van der Waals surface area contributed by atoms with E-state index in [4.69, 9.17) is 0 Å². The Labute approximate surface area is 162 Å². The van der Waals surface area contributed by atoms with Gasteiger partial charge in [0.15, 0.2) is 0 Å². The monoisotopic (exact) mass is 368 g/mol. The summed E-state index contributed by atoms with van der Waals surface area (Å²) in [7, 11) is 0. The van der Waals surface area contributed by atoms with Crippen molar-refractivity contribution >= 4 is 11.8 Å². The first kappa shape index (κ1) is 19.7. The van der Waals surface area contributed by atoms with Crippen molar-refractivity contribution < 1.29 is 9.59 Å². The summed E-state index contributed by atoms with van der Waals surface area (Å²) in [6.45, 7) is 9.88. The highest BCUT2D eigenvalue weighted by atomic mass is 16.2. The summed E-state index contributed by atoms with van der Waals surface area (Å²) in [5, 5.41) is 6.34. The molecular formula is C23H32N2O2. The Morgan fingerprint density at radius 3 is 2.56 bits per heavy atom. The van der Waals surface area contributed by atoms with Gasteiger partial charge < -0.3 is 10.6 Å². The van der Waals surface area contributed by atoms with Crippen LogP contribution in [-0.2, 0) is 4.79 Å². The maximum absolute atomic E-state index is 13.5. The van der Waals surface area contributed by atoms with Gasteiger partial charge in [-0.3, -0.25) is 9.59 Å². The maximum Gasteiger partial charge on any atom is 0.252 e. The van der Waals surface area contributed by atoms with Crippen LogP contribution >= 0.6 is 0 Å². The molecule has 0 aliphatic heterocycles. The lowest BCUT2D eigenvalue weighted by molar-refractivity contribution is -0.130. The molecule has 2 amide bonds. The standard InChI is InChI=1S/C23H32N2O2/c1-5-10-19-18-14-9-13-17(18)15-23(19,21(27)25-22(2,3)4)24-20(26)16-11-7-6-8-12-16/h5-8,11-12,17-19H,1,9-10,13-15H2,2-4H3,(H,24,26)(H,25,27). The molecule has 2 aliphatic rings. The molecule has 4 heteroatoms. The van der Waals surface area contributed by atoms with E-state index in [-0.39, 0.29) is 23.3 Å². The molecule has 0 radical (unpaired) electrons. The van der Waals surface area contributed by atoms with Crippen LogP contribution in [0.5, 0.6) is 0 Å². The van der Waals surface area contributed by atoms with Crippen LogP contribution < -0.4 is 10.6 Å². The SMILES string of the molecule is C=CCC1C2CCCC2CC1(NC(=O)c1ccccc1)C(=O)NC(C)(C)C. The Kier molecular flexibility index (Phi) is 5.45. The molecule has 1 aromatic carbocycles. The van der Waals surface area contributed by atoms with Crippen LogP contribution in [0.15, 0.2) is 43.0 Å². The number of rotatable bonds is 5. The lowest BCUT2D eigenvalue weighted by atomic mass is 9.78. The first-order valence-electron chi connectivity index (χ1n) is 10.1. The first-order chi connectivity index (χ1) is 12.8. The third kappa shape index (κ3) is 3.95. The molecule has 0 saturated heterocycles. The minimum atomic E-state index is -0.871. The van der Waals surface area contributed by atoms with Crippen molar-refractivity contribution in [3.63, 3.8) is 0 Å². The molecule has 27 heavy (non-hydrogen) atoms. The lowest BCUT2D eigenvalue weighted by Crippen LogP contribution is -2.64. The molecule has 2 fully saturated rings. The Bertz CT molecular complexity index is 707. The van der Waals surface area contributed by atoms with Crippen molar-refractivity contribution in [1.29, 1.82) is 0 Å². The van der Waals surface area contributed by atoms with Gasteiger partial charge in [-0.1, -0.05) is 37.1 Å². The van der Waals surface area contributed by atoms with E-state index >= 15 is 0 Å². The first-order valence-corrected chi connectivity index (χ1v) is 10.1. The molecular weight excluding hydrogens is 336 g/mol. The van der Waals surface area contributed by atoms with Crippen molar-refractivity contribution in [2.24, 2.45) is 17.8 Å². The Morgan fingerprint density at radius 2 is 1.93 bits per heavy atom. The average molecular weight is 369 g/mol. The van der Waals surface area contributed by atoms with Crippen LogP contribution in [0, 0.1) is 17.8 Å². The molecule has 1 aromatic rings. The molecule has 0 heterocycles. The fraction of sp³-hybridized carbons (Fsp3) is 0.565. The Hall–Kier alpha value is -2.10. The van der Waals surface area contributed by atoms with Crippen LogP contribution in [0.2, 0.25) is 0 Å². The van der Waals surface area contributed by atoms with Crippen LogP contribution in [-0.4, -0.2) is 22.9 Å². The zero-order valence-electron chi connectivity index (χ0n) is 16.8. The number of hydrogen-bond donors (Lipinski definition) is 2. The minimum Gasteiger partial charge on any atom is -0.349 e. The van der Waals surface area contributed by atoms with Gasteiger partial charge in [-0.25, -0.2) is 0 Å². The summed E-state index contributed by atoms with van der Waals surface area (Å²) in [5.74, 6) is 0.841. The van der Waals surface area contributed by atoms with E-state index in [0.717, 1.165) is 25.7 Å². The van der Waals surface area contributed by atoms with E-state index in [1.54, 1.807) is 12.1 Å². The molecule has 3 rings (SSSR count). The largest absolute Gasteiger partial charge is 0.349 e. The van der Waals surface area contributed by atoms with Gasteiger partial charge in [-0.05, 0) is 69.9 Å².